The second kappa shape index (κ2) is 10.5. The van der Waals surface area contributed by atoms with E-state index in [0.29, 0.717) is 11.6 Å². The van der Waals surface area contributed by atoms with Crippen molar-refractivity contribution in [3.63, 3.8) is 0 Å². The summed E-state index contributed by atoms with van der Waals surface area (Å²) < 4.78 is 12.4. The number of aromatic nitrogens is 2. The smallest absolute Gasteiger partial charge is 0.407 e. The minimum absolute atomic E-state index is 0.107. The van der Waals surface area contributed by atoms with Crippen LogP contribution in [0.3, 0.4) is 0 Å². The number of benzene rings is 1. The fourth-order valence-corrected chi connectivity index (χ4v) is 4.72. The third kappa shape index (κ3) is 5.90. The number of imidazole rings is 1. The number of nitrogens with zero attached hydrogens (tertiary/aromatic N) is 3. The van der Waals surface area contributed by atoms with Crippen LogP contribution in [0.2, 0.25) is 0 Å². The van der Waals surface area contributed by atoms with Crippen molar-refractivity contribution in [1.29, 1.82) is 0 Å². The molecule has 1 amide bonds. The maximum Gasteiger partial charge on any atom is 0.407 e. The predicted octanol–water partition coefficient (Wildman–Crippen LogP) is 4.84. The molecule has 0 radical (unpaired) electrons. The van der Waals surface area contributed by atoms with Crippen molar-refractivity contribution in [2.45, 2.75) is 78.0 Å². The molecular weight excluding hydrogens is 432 g/mol. The van der Waals surface area contributed by atoms with Crippen molar-refractivity contribution < 1.29 is 19.1 Å². The van der Waals surface area contributed by atoms with Crippen LogP contribution in [-0.2, 0) is 16.5 Å². The van der Waals surface area contributed by atoms with Crippen LogP contribution in [0.1, 0.15) is 69.3 Å². The van der Waals surface area contributed by atoms with E-state index in [1.165, 1.54) is 7.11 Å². The normalized spacial score (nSPS) is 18.3. The third-order valence-electron chi connectivity index (χ3n) is 6.37. The summed E-state index contributed by atoms with van der Waals surface area (Å²) in [6.07, 6.45) is 6.92. The number of hydrogen-bond donors (Lipinski definition) is 1. The number of nitrogens with one attached hydrogen (secondary N) is 1. The zero-order valence-electron chi connectivity index (χ0n) is 21.5. The zero-order valence-corrected chi connectivity index (χ0v) is 21.5. The van der Waals surface area contributed by atoms with Gasteiger partial charge in [-0.05, 0) is 78.0 Å². The lowest BCUT2D eigenvalue weighted by molar-refractivity contribution is 0.0490. The first kappa shape index (κ1) is 25.6. The van der Waals surface area contributed by atoms with Gasteiger partial charge in [-0.2, -0.15) is 0 Å². The van der Waals surface area contributed by atoms with Gasteiger partial charge in [-0.3, -0.25) is 0 Å². The van der Waals surface area contributed by atoms with Crippen molar-refractivity contribution >= 4 is 17.7 Å². The minimum atomic E-state index is -0.507. The van der Waals surface area contributed by atoms with Crippen LogP contribution < -0.4 is 10.2 Å². The summed E-state index contributed by atoms with van der Waals surface area (Å²) >= 11 is 0. The van der Waals surface area contributed by atoms with E-state index in [1.807, 2.05) is 51.6 Å². The first-order valence-electron chi connectivity index (χ1n) is 12.0. The first-order chi connectivity index (χ1) is 16.0. The molecule has 186 valence electrons. The van der Waals surface area contributed by atoms with E-state index >= 15 is 0 Å². The monoisotopic (exact) mass is 470 g/mol. The lowest BCUT2D eigenvalue weighted by Gasteiger charge is -2.39. The lowest BCUT2D eigenvalue weighted by atomic mass is 9.89. The summed E-state index contributed by atoms with van der Waals surface area (Å²) in [6, 6.07) is 4.40. The molecule has 0 unspecified atom stereocenters. The molecule has 8 nitrogen and oxygen atoms in total. The lowest BCUT2D eigenvalue weighted by Crippen LogP contribution is -2.45. The van der Waals surface area contributed by atoms with E-state index in [4.69, 9.17) is 9.47 Å². The summed E-state index contributed by atoms with van der Waals surface area (Å²) in [4.78, 5) is 31.6. The van der Waals surface area contributed by atoms with Crippen molar-refractivity contribution in [2.75, 3.05) is 18.6 Å². The highest BCUT2D eigenvalue weighted by Crippen LogP contribution is 2.35. The maximum atomic E-state index is 12.6. The number of methoxy groups -OCH3 is 1. The van der Waals surface area contributed by atoms with Gasteiger partial charge in [0.2, 0.25) is 0 Å². The number of carbonyl (C=O) groups excluding carboxylic acids is 2. The Hall–Kier alpha value is -3.03. The Morgan fingerprint density at radius 1 is 1.21 bits per heavy atom. The number of carbonyl (C=O) groups is 2. The number of anilines is 1. The molecule has 0 saturated heterocycles. The van der Waals surface area contributed by atoms with E-state index in [1.54, 1.807) is 6.20 Å². The molecule has 1 fully saturated rings. The number of hydrogen-bond acceptors (Lipinski definition) is 6. The van der Waals surface area contributed by atoms with E-state index < -0.39 is 5.60 Å². The molecule has 1 aliphatic rings. The Bertz CT molecular complexity index is 1020. The molecular formula is C26H38N4O4. The van der Waals surface area contributed by atoms with Crippen molar-refractivity contribution in [3.05, 3.63) is 35.7 Å². The molecule has 2 aromatic rings. The molecule has 34 heavy (non-hydrogen) atoms. The van der Waals surface area contributed by atoms with Gasteiger partial charge in [0.1, 0.15) is 11.4 Å². The minimum Gasteiger partial charge on any atom is -0.465 e. The van der Waals surface area contributed by atoms with Crippen molar-refractivity contribution in [2.24, 2.45) is 7.05 Å². The van der Waals surface area contributed by atoms with Crippen LogP contribution in [-0.4, -0.2) is 53.0 Å². The summed E-state index contributed by atoms with van der Waals surface area (Å²) in [6.45, 7) is 10.5. The molecule has 1 heterocycles. The molecule has 1 aromatic heterocycles. The van der Waals surface area contributed by atoms with Crippen LogP contribution in [0.25, 0.3) is 11.4 Å². The van der Waals surface area contributed by atoms with Gasteiger partial charge in [-0.25, -0.2) is 14.6 Å². The Kier molecular flexibility index (Phi) is 7.89. The Balaban J connectivity index is 1.83. The fourth-order valence-electron chi connectivity index (χ4n) is 4.72. The van der Waals surface area contributed by atoms with Crippen LogP contribution in [0.15, 0.2) is 24.5 Å². The molecule has 1 aromatic carbocycles. The number of esters is 1. The van der Waals surface area contributed by atoms with E-state index in [0.717, 1.165) is 54.9 Å². The Morgan fingerprint density at radius 3 is 2.41 bits per heavy atom. The first-order valence-corrected chi connectivity index (χ1v) is 12.0. The van der Waals surface area contributed by atoms with Crippen LogP contribution >= 0.6 is 0 Å². The van der Waals surface area contributed by atoms with Crippen LogP contribution in [0.4, 0.5) is 10.5 Å². The highest BCUT2D eigenvalue weighted by molar-refractivity contribution is 5.94. The number of aryl methyl sites for hydroxylation is 1. The highest BCUT2D eigenvalue weighted by atomic mass is 16.6. The summed E-state index contributed by atoms with van der Waals surface area (Å²) in [7, 11) is 3.35. The van der Waals surface area contributed by atoms with Gasteiger partial charge in [-0.1, -0.05) is 0 Å². The van der Waals surface area contributed by atoms with Crippen molar-refractivity contribution in [3.8, 4) is 11.4 Å². The molecule has 8 heteroatoms. The fraction of sp³-hybridized carbons (Fsp3) is 0.577. The number of alkyl carbamates (subject to hydrolysis) is 1. The van der Waals surface area contributed by atoms with Crippen molar-refractivity contribution in [1.82, 2.24) is 14.9 Å². The van der Waals surface area contributed by atoms with Gasteiger partial charge >= 0.3 is 12.1 Å². The standard InChI is InChI=1S/C26H38N4O4/c1-8-30(20-11-9-19(10-12-20)28-25(32)34-26(3,4)5)22-16-18(23-27-13-14-29(23)6)15-21(17(22)2)24(31)33-7/h13-16,19-20H,8-12H2,1-7H3,(H,28,32). The van der Waals surface area contributed by atoms with Gasteiger partial charge in [-0.15, -0.1) is 0 Å². The average molecular weight is 471 g/mol. The summed E-state index contributed by atoms with van der Waals surface area (Å²) in [5.41, 5.74) is 2.85. The third-order valence-corrected chi connectivity index (χ3v) is 6.37. The molecule has 0 aliphatic heterocycles. The largest absolute Gasteiger partial charge is 0.465 e. The van der Waals surface area contributed by atoms with Gasteiger partial charge in [0, 0.05) is 49.3 Å². The molecule has 0 spiro atoms. The van der Waals surface area contributed by atoms with Gasteiger partial charge in [0.05, 0.1) is 12.7 Å². The molecule has 3 rings (SSSR count). The summed E-state index contributed by atoms with van der Waals surface area (Å²) in [5.74, 6) is 0.448. The van der Waals surface area contributed by atoms with Gasteiger partial charge in [0.25, 0.3) is 0 Å². The second-order valence-electron chi connectivity index (χ2n) is 9.96. The number of amides is 1. The summed E-state index contributed by atoms with van der Waals surface area (Å²) in [5, 5.41) is 3.02. The topological polar surface area (TPSA) is 85.7 Å². The van der Waals surface area contributed by atoms with Crippen LogP contribution in [0.5, 0.6) is 0 Å². The SMILES string of the molecule is CCN(c1cc(-c2nccn2C)cc(C(=O)OC)c1C)C1CCC(NC(=O)OC(C)(C)C)CC1. The Morgan fingerprint density at radius 2 is 1.88 bits per heavy atom. The molecule has 0 bridgehead atoms. The molecule has 1 saturated carbocycles. The molecule has 1 N–H and O–H groups in total. The zero-order chi connectivity index (χ0) is 25.0. The highest BCUT2D eigenvalue weighted by Gasteiger charge is 2.29. The maximum absolute atomic E-state index is 12.6. The molecule has 0 atom stereocenters. The molecule has 1 aliphatic carbocycles. The quantitative estimate of drug-likeness (QED) is 0.608. The number of rotatable bonds is 6. The predicted molar refractivity (Wildman–Crippen MR) is 133 cm³/mol. The Labute approximate surface area is 202 Å². The van der Waals surface area contributed by atoms with Gasteiger partial charge < -0.3 is 24.3 Å². The van der Waals surface area contributed by atoms with Gasteiger partial charge in [0.15, 0.2) is 0 Å². The van der Waals surface area contributed by atoms with E-state index in [9.17, 15) is 9.59 Å². The number of ether oxygens (including phenoxy) is 2. The second-order valence-corrected chi connectivity index (χ2v) is 9.96. The van der Waals surface area contributed by atoms with E-state index in [-0.39, 0.29) is 18.1 Å². The van der Waals surface area contributed by atoms with Crippen LogP contribution in [0, 0.1) is 6.92 Å². The average Bonchev–Trinajstić information content (AvgIpc) is 3.20. The van der Waals surface area contributed by atoms with E-state index in [2.05, 4.69) is 28.2 Å².